The van der Waals surface area contributed by atoms with Crippen LogP contribution in [-0.4, -0.2) is 87.1 Å². The summed E-state index contributed by atoms with van der Waals surface area (Å²) < 4.78 is 42.0. The Balaban J connectivity index is 1.32. The highest BCUT2D eigenvalue weighted by Crippen LogP contribution is 2.50. The first-order valence-corrected chi connectivity index (χ1v) is 19.7. The molecule has 3 aliphatic heterocycles. The van der Waals surface area contributed by atoms with Crippen molar-refractivity contribution in [3.05, 3.63) is 58.1 Å². The molecule has 2 amide bonds. The van der Waals surface area contributed by atoms with Crippen LogP contribution in [0.3, 0.4) is 0 Å². The summed E-state index contributed by atoms with van der Waals surface area (Å²) in [6.45, 7) is 5.90. The fraction of sp³-hybridized carbons (Fsp3) is 0.622. The number of fused-ring (bicyclic) bond motifs is 4. The lowest BCUT2D eigenvalue weighted by molar-refractivity contribution is -0.202. The first kappa shape index (κ1) is 34.6. The van der Waals surface area contributed by atoms with Gasteiger partial charge in [0.05, 0.1) is 24.2 Å². The van der Waals surface area contributed by atoms with Crippen molar-refractivity contribution in [3.8, 4) is 5.75 Å². The summed E-state index contributed by atoms with van der Waals surface area (Å²) in [6.07, 6.45) is 4.78. The number of likely N-dealkylation sites (N-methyl/N-ethyl adjacent to an activating group) is 1. The predicted octanol–water partition coefficient (Wildman–Crippen LogP) is 4.70. The molecule has 2 N–H and O–H groups in total. The van der Waals surface area contributed by atoms with Crippen molar-refractivity contribution < 1.29 is 32.6 Å². The monoisotopic (exact) mass is 713 g/mol. The lowest BCUT2D eigenvalue weighted by Gasteiger charge is -2.53. The van der Waals surface area contributed by atoms with Crippen LogP contribution in [0.25, 0.3) is 0 Å². The van der Waals surface area contributed by atoms with Gasteiger partial charge in [0, 0.05) is 42.7 Å². The average Bonchev–Trinajstić information content (AvgIpc) is 3.20. The fourth-order valence-electron chi connectivity index (χ4n) is 9.07. The van der Waals surface area contributed by atoms with Gasteiger partial charge < -0.3 is 24.4 Å². The van der Waals surface area contributed by atoms with Gasteiger partial charge in [-0.25, -0.2) is 13.1 Å². The molecular weight excluding hydrogens is 666 g/mol. The molecule has 3 heterocycles. The van der Waals surface area contributed by atoms with Crippen LogP contribution in [0.5, 0.6) is 5.75 Å². The number of morpholine rings is 1. The van der Waals surface area contributed by atoms with Gasteiger partial charge in [-0.1, -0.05) is 31.0 Å². The molecule has 2 bridgehead atoms. The zero-order valence-corrected chi connectivity index (χ0v) is 30.2. The number of benzene rings is 2. The van der Waals surface area contributed by atoms with Gasteiger partial charge in [0.1, 0.15) is 11.4 Å². The lowest BCUT2D eigenvalue weighted by Crippen LogP contribution is -2.64. The molecule has 0 radical (unpaired) electrons. The Morgan fingerprint density at radius 1 is 1.04 bits per heavy atom. The Labute approximate surface area is 294 Å². The third kappa shape index (κ3) is 6.23. The number of aryl methyl sites for hydroxylation is 1. The Hall–Kier alpha value is -2.86. The Bertz CT molecular complexity index is 1740. The molecule has 7 rings (SSSR count). The highest BCUT2D eigenvalue weighted by Gasteiger charge is 2.56. The minimum absolute atomic E-state index is 0.0482. The summed E-state index contributed by atoms with van der Waals surface area (Å²) in [7, 11) is -2.27. The summed E-state index contributed by atoms with van der Waals surface area (Å²) in [5.41, 5.74) is 1.61. The SMILES string of the molecule is C[C@@H]1[C@@H](C)CCC[C@@](O)([C@H]2OCCN(C)C2=O)[C@@H]2CC[C@H]2CN2C[C@@]3(CCCc4cc(Cl)ccc43)COc3ccc(cc32)C(=O)NS1(=O)=O. The second kappa shape index (κ2) is 13.0. The zero-order chi connectivity index (χ0) is 34.7. The van der Waals surface area contributed by atoms with Gasteiger partial charge in [-0.2, -0.15) is 0 Å². The number of rotatable bonds is 1. The summed E-state index contributed by atoms with van der Waals surface area (Å²) in [5.74, 6) is -0.713. The molecule has 2 fully saturated rings. The van der Waals surface area contributed by atoms with Gasteiger partial charge in [-0.3, -0.25) is 9.59 Å². The number of nitrogens with zero attached hydrogens (tertiary/aromatic N) is 2. The van der Waals surface area contributed by atoms with Crippen molar-refractivity contribution in [3.63, 3.8) is 0 Å². The summed E-state index contributed by atoms with van der Waals surface area (Å²) >= 11 is 6.44. The van der Waals surface area contributed by atoms with E-state index in [1.807, 2.05) is 13.0 Å². The molecule has 266 valence electrons. The molecule has 2 aromatic carbocycles. The second-order valence-corrected chi connectivity index (χ2v) is 17.8. The third-order valence-corrected chi connectivity index (χ3v) is 14.5. The highest BCUT2D eigenvalue weighted by molar-refractivity contribution is 7.90. The summed E-state index contributed by atoms with van der Waals surface area (Å²) in [6, 6.07) is 11.2. The maximum Gasteiger partial charge on any atom is 0.264 e. The average molecular weight is 714 g/mol. The van der Waals surface area contributed by atoms with Crippen LogP contribution in [0.1, 0.15) is 80.3 Å². The van der Waals surface area contributed by atoms with Gasteiger partial charge in [0.2, 0.25) is 10.0 Å². The number of ether oxygens (including phenoxy) is 2. The smallest absolute Gasteiger partial charge is 0.264 e. The molecular formula is C37H48ClN3O7S. The standard InChI is InChI=1S/C37H48ClN3O7S/c1-23-6-4-15-37(44,33-35(43)40(3)16-17-47-33)30-11-8-27(30)20-41-21-36(14-5-7-25-18-28(38)10-12-29(25)36)22-48-32-13-9-26(19-31(32)41)34(42)39-49(45,46)24(23)2/h9-10,12-13,18-19,23-24,27,30,33,44H,4-8,11,14-17,20-22H2,1-3H3,(H,39,42)/t23-,24+,27-,30+,33-,36-,37-/m0/s1. The third-order valence-electron chi connectivity index (χ3n) is 12.3. The Morgan fingerprint density at radius 3 is 2.63 bits per heavy atom. The van der Waals surface area contributed by atoms with Crippen LogP contribution in [-0.2, 0) is 31.4 Å². The van der Waals surface area contributed by atoms with Gasteiger partial charge in [-0.15, -0.1) is 0 Å². The van der Waals surface area contributed by atoms with E-state index < -0.39 is 32.9 Å². The number of hydrogen-bond donors (Lipinski definition) is 2. The number of sulfonamides is 1. The molecule has 49 heavy (non-hydrogen) atoms. The molecule has 1 saturated heterocycles. The van der Waals surface area contributed by atoms with Gasteiger partial charge in [0.25, 0.3) is 11.8 Å². The van der Waals surface area contributed by atoms with Crippen LogP contribution in [0.4, 0.5) is 5.69 Å². The van der Waals surface area contributed by atoms with E-state index in [9.17, 15) is 23.1 Å². The van der Waals surface area contributed by atoms with Crippen molar-refractivity contribution in [1.29, 1.82) is 0 Å². The van der Waals surface area contributed by atoms with Crippen molar-refractivity contribution in [2.24, 2.45) is 17.8 Å². The topological polar surface area (TPSA) is 125 Å². The van der Waals surface area contributed by atoms with E-state index in [1.54, 1.807) is 37.1 Å². The van der Waals surface area contributed by atoms with Crippen LogP contribution in [0.2, 0.25) is 5.02 Å². The quantitative estimate of drug-likeness (QED) is 0.436. The van der Waals surface area contributed by atoms with Gasteiger partial charge >= 0.3 is 0 Å². The van der Waals surface area contributed by atoms with Crippen molar-refractivity contribution in [2.45, 2.75) is 87.6 Å². The van der Waals surface area contributed by atoms with Gasteiger partial charge in [0.15, 0.2) is 6.10 Å². The molecule has 0 aromatic heterocycles. The molecule has 1 saturated carbocycles. The van der Waals surface area contributed by atoms with E-state index in [-0.39, 0.29) is 34.6 Å². The second-order valence-electron chi connectivity index (χ2n) is 15.3. The Morgan fingerprint density at radius 2 is 1.86 bits per heavy atom. The van der Waals surface area contributed by atoms with Crippen molar-refractivity contribution in [2.75, 3.05) is 44.8 Å². The van der Waals surface area contributed by atoms with Crippen LogP contribution in [0, 0.1) is 17.8 Å². The van der Waals surface area contributed by atoms with Gasteiger partial charge in [-0.05, 0) is 111 Å². The lowest BCUT2D eigenvalue weighted by atomic mass is 9.60. The summed E-state index contributed by atoms with van der Waals surface area (Å²) in [4.78, 5) is 31.0. The maximum atomic E-state index is 13.6. The van der Waals surface area contributed by atoms with Crippen LogP contribution in [0.15, 0.2) is 36.4 Å². The number of nitrogens with one attached hydrogen (secondary N) is 1. The molecule has 12 heteroatoms. The number of halogens is 1. The molecule has 0 unspecified atom stereocenters. The fourth-order valence-corrected chi connectivity index (χ4v) is 10.6. The van der Waals surface area contributed by atoms with E-state index in [0.717, 1.165) is 37.8 Å². The largest absolute Gasteiger partial charge is 0.490 e. The number of anilines is 1. The molecule has 5 aliphatic rings. The van der Waals surface area contributed by atoms with Crippen LogP contribution < -0.4 is 14.4 Å². The number of carbonyl (C=O) groups excluding carboxylic acids is 2. The maximum absolute atomic E-state index is 13.6. The molecule has 2 aromatic rings. The first-order valence-electron chi connectivity index (χ1n) is 17.8. The van der Waals surface area contributed by atoms with E-state index in [2.05, 4.69) is 21.8 Å². The molecule has 10 nitrogen and oxygen atoms in total. The first-order chi connectivity index (χ1) is 23.3. The van der Waals surface area contributed by atoms with E-state index in [0.29, 0.717) is 62.9 Å². The Kier molecular flexibility index (Phi) is 9.20. The minimum atomic E-state index is -4.01. The van der Waals surface area contributed by atoms with Crippen molar-refractivity contribution >= 4 is 39.1 Å². The van der Waals surface area contributed by atoms with Crippen LogP contribution >= 0.6 is 11.6 Å². The predicted molar refractivity (Wildman–Crippen MR) is 188 cm³/mol. The summed E-state index contributed by atoms with van der Waals surface area (Å²) in [5, 5.41) is 12.5. The molecule has 7 atom stereocenters. The number of amides is 2. The van der Waals surface area contributed by atoms with E-state index in [1.165, 1.54) is 11.1 Å². The highest BCUT2D eigenvalue weighted by atomic mass is 35.5. The normalized spacial score (nSPS) is 34.9. The number of carbonyl (C=O) groups is 2. The minimum Gasteiger partial charge on any atom is -0.490 e. The van der Waals surface area contributed by atoms with E-state index >= 15 is 0 Å². The zero-order valence-electron chi connectivity index (χ0n) is 28.6. The number of aliphatic hydroxyl groups is 1. The number of hydrogen-bond acceptors (Lipinski definition) is 8. The van der Waals surface area contributed by atoms with E-state index in [4.69, 9.17) is 21.1 Å². The van der Waals surface area contributed by atoms with Crippen molar-refractivity contribution in [1.82, 2.24) is 9.62 Å². The molecule has 2 aliphatic carbocycles. The molecule has 1 spiro atoms.